The quantitative estimate of drug-likeness (QED) is 0.880. The predicted molar refractivity (Wildman–Crippen MR) is 63.0 cm³/mol. The van der Waals surface area contributed by atoms with Crippen molar-refractivity contribution in [2.75, 3.05) is 7.11 Å². The standard InChI is InChI=1S/C12H16O3S/c1-15-10-3-2-4-11-9(10)7-8(16-11)5-6-12(13)14/h7,10H,2-6H2,1H3,(H,13,14). The fourth-order valence-electron chi connectivity index (χ4n) is 2.17. The molecule has 1 heterocycles. The maximum atomic E-state index is 10.5. The molecule has 1 aliphatic rings. The van der Waals surface area contributed by atoms with Gasteiger partial charge in [0.05, 0.1) is 12.5 Å². The second kappa shape index (κ2) is 4.97. The Labute approximate surface area is 99.1 Å². The van der Waals surface area contributed by atoms with Gasteiger partial charge in [-0.25, -0.2) is 0 Å². The van der Waals surface area contributed by atoms with E-state index in [1.165, 1.54) is 21.7 Å². The highest BCUT2D eigenvalue weighted by atomic mass is 32.1. The minimum Gasteiger partial charge on any atom is -0.481 e. The van der Waals surface area contributed by atoms with E-state index in [9.17, 15) is 4.79 Å². The maximum Gasteiger partial charge on any atom is 0.303 e. The minimum atomic E-state index is -0.727. The molecule has 1 atom stereocenters. The first-order valence-electron chi connectivity index (χ1n) is 5.56. The van der Waals surface area contributed by atoms with Crippen LogP contribution in [0.4, 0.5) is 0 Å². The second-order valence-corrected chi connectivity index (χ2v) is 5.32. The topological polar surface area (TPSA) is 46.5 Å². The molecule has 88 valence electrons. The number of carboxylic acids is 1. The van der Waals surface area contributed by atoms with Crippen molar-refractivity contribution in [3.63, 3.8) is 0 Å². The number of hydrogen-bond donors (Lipinski definition) is 1. The average Bonchev–Trinajstić information content (AvgIpc) is 2.68. The van der Waals surface area contributed by atoms with Crippen LogP contribution in [0.25, 0.3) is 0 Å². The van der Waals surface area contributed by atoms with Gasteiger partial charge in [0.15, 0.2) is 0 Å². The first kappa shape index (κ1) is 11.6. The predicted octanol–water partition coefficient (Wildman–Crippen LogP) is 2.79. The second-order valence-electron chi connectivity index (χ2n) is 4.10. The van der Waals surface area contributed by atoms with E-state index in [2.05, 4.69) is 6.07 Å². The van der Waals surface area contributed by atoms with Crippen LogP contribution in [-0.2, 0) is 22.4 Å². The Morgan fingerprint density at radius 1 is 1.69 bits per heavy atom. The highest BCUT2D eigenvalue weighted by Crippen LogP contribution is 2.37. The first-order valence-corrected chi connectivity index (χ1v) is 6.38. The summed E-state index contributed by atoms with van der Waals surface area (Å²) in [7, 11) is 1.74. The molecule has 0 radical (unpaired) electrons. The molecule has 2 rings (SSSR count). The van der Waals surface area contributed by atoms with Crippen LogP contribution in [0.1, 0.15) is 40.7 Å². The minimum absolute atomic E-state index is 0.219. The molecule has 1 aromatic rings. The number of thiophene rings is 1. The number of fused-ring (bicyclic) bond motifs is 1. The van der Waals surface area contributed by atoms with Crippen LogP contribution >= 0.6 is 11.3 Å². The van der Waals surface area contributed by atoms with E-state index in [0.29, 0.717) is 6.42 Å². The van der Waals surface area contributed by atoms with Crippen molar-refractivity contribution in [3.05, 3.63) is 21.4 Å². The summed E-state index contributed by atoms with van der Waals surface area (Å²) in [5.41, 5.74) is 1.29. The lowest BCUT2D eigenvalue weighted by Gasteiger charge is -2.20. The van der Waals surface area contributed by atoms with Crippen LogP contribution in [0, 0.1) is 0 Å². The third-order valence-electron chi connectivity index (χ3n) is 2.98. The van der Waals surface area contributed by atoms with E-state index in [4.69, 9.17) is 9.84 Å². The summed E-state index contributed by atoms with van der Waals surface area (Å²) in [5.74, 6) is -0.727. The molecule has 1 aromatic heterocycles. The van der Waals surface area contributed by atoms with Crippen LogP contribution in [0.15, 0.2) is 6.07 Å². The number of hydrogen-bond acceptors (Lipinski definition) is 3. The zero-order valence-corrected chi connectivity index (χ0v) is 10.2. The number of carbonyl (C=O) groups is 1. The number of methoxy groups -OCH3 is 1. The zero-order chi connectivity index (χ0) is 11.5. The Hall–Kier alpha value is -0.870. The fourth-order valence-corrected chi connectivity index (χ4v) is 3.43. The van der Waals surface area contributed by atoms with Crippen LogP contribution in [0.5, 0.6) is 0 Å². The summed E-state index contributed by atoms with van der Waals surface area (Å²) in [6, 6.07) is 2.14. The summed E-state index contributed by atoms with van der Waals surface area (Å²) in [4.78, 5) is 13.1. The lowest BCUT2D eigenvalue weighted by Crippen LogP contribution is -2.08. The van der Waals surface area contributed by atoms with Crippen LogP contribution in [-0.4, -0.2) is 18.2 Å². The van der Waals surface area contributed by atoms with Crippen molar-refractivity contribution in [1.29, 1.82) is 0 Å². The summed E-state index contributed by atoms with van der Waals surface area (Å²) in [6.07, 6.45) is 4.45. The Bertz CT molecular complexity index is 384. The first-order chi connectivity index (χ1) is 7.70. The summed E-state index contributed by atoms with van der Waals surface area (Å²) in [6.45, 7) is 0. The van der Waals surface area contributed by atoms with Gasteiger partial charge in [0.1, 0.15) is 0 Å². The number of aryl methyl sites for hydroxylation is 2. The van der Waals surface area contributed by atoms with E-state index in [1.807, 2.05) is 0 Å². The lowest BCUT2D eigenvalue weighted by atomic mass is 9.96. The van der Waals surface area contributed by atoms with E-state index in [-0.39, 0.29) is 12.5 Å². The normalized spacial score (nSPS) is 19.4. The Kier molecular flexibility index (Phi) is 3.61. The molecule has 0 aromatic carbocycles. The zero-order valence-electron chi connectivity index (χ0n) is 9.36. The van der Waals surface area contributed by atoms with Crippen molar-refractivity contribution < 1.29 is 14.6 Å². The van der Waals surface area contributed by atoms with E-state index in [1.54, 1.807) is 18.4 Å². The summed E-state index contributed by atoms with van der Waals surface area (Å²) in [5, 5.41) is 8.66. The molecule has 0 bridgehead atoms. The molecule has 0 spiro atoms. The molecule has 4 heteroatoms. The van der Waals surface area contributed by atoms with Crippen LogP contribution in [0.3, 0.4) is 0 Å². The smallest absolute Gasteiger partial charge is 0.303 e. The van der Waals surface area contributed by atoms with Crippen molar-refractivity contribution in [1.82, 2.24) is 0 Å². The number of rotatable bonds is 4. The molecular formula is C12H16O3S. The summed E-state index contributed by atoms with van der Waals surface area (Å²) >= 11 is 1.75. The van der Waals surface area contributed by atoms with E-state index < -0.39 is 5.97 Å². The Morgan fingerprint density at radius 3 is 3.19 bits per heavy atom. The third-order valence-corrected chi connectivity index (χ3v) is 4.25. The molecule has 0 saturated heterocycles. The highest BCUT2D eigenvalue weighted by molar-refractivity contribution is 7.12. The molecule has 1 aliphatic carbocycles. The third kappa shape index (κ3) is 2.44. The SMILES string of the molecule is COC1CCCc2sc(CCC(=O)O)cc21. The molecule has 3 nitrogen and oxygen atoms in total. The van der Waals surface area contributed by atoms with Gasteiger partial charge >= 0.3 is 5.97 Å². The highest BCUT2D eigenvalue weighted by Gasteiger charge is 2.22. The molecular weight excluding hydrogens is 224 g/mol. The van der Waals surface area contributed by atoms with E-state index in [0.717, 1.165) is 12.8 Å². The number of carboxylic acid groups (broad SMARTS) is 1. The average molecular weight is 240 g/mol. The van der Waals surface area contributed by atoms with Gasteiger partial charge < -0.3 is 9.84 Å². The van der Waals surface area contributed by atoms with Gasteiger partial charge in [-0.15, -0.1) is 11.3 Å². The molecule has 0 amide bonds. The lowest BCUT2D eigenvalue weighted by molar-refractivity contribution is -0.136. The van der Waals surface area contributed by atoms with Gasteiger partial charge in [-0.3, -0.25) is 4.79 Å². The summed E-state index contributed by atoms with van der Waals surface area (Å²) < 4.78 is 5.45. The van der Waals surface area contributed by atoms with E-state index >= 15 is 0 Å². The molecule has 0 fully saturated rings. The molecule has 1 unspecified atom stereocenters. The van der Waals surface area contributed by atoms with Gasteiger partial charge in [0.2, 0.25) is 0 Å². The van der Waals surface area contributed by atoms with Gasteiger partial charge in [0.25, 0.3) is 0 Å². The Morgan fingerprint density at radius 2 is 2.50 bits per heavy atom. The van der Waals surface area contributed by atoms with Gasteiger partial charge in [-0.1, -0.05) is 0 Å². The van der Waals surface area contributed by atoms with Crippen LogP contribution in [0.2, 0.25) is 0 Å². The van der Waals surface area contributed by atoms with Crippen molar-refractivity contribution >= 4 is 17.3 Å². The number of ether oxygens (including phenoxy) is 1. The molecule has 1 N–H and O–H groups in total. The number of aliphatic carboxylic acids is 1. The fraction of sp³-hybridized carbons (Fsp3) is 0.583. The maximum absolute atomic E-state index is 10.5. The van der Waals surface area contributed by atoms with Gasteiger partial charge in [0, 0.05) is 16.9 Å². The largest absolute Gasteiger partial charge is 0.481 e. The molecule has 16 heavy (non-hydrogen) atoms. The molecule has 0 aliphatic heterocycles. The van der Waals surface area contributed by atoms with Gasteiger partial charge in [-0.2, -0.15) is 0 Å². The van der Waals surface area contributed by atoms with Crippen molar-refractivity contribution in [2.45, 2.75) is 38.2 Å². The molecule has 0 saturated carbocycles. The van der Waals surface area contributed by atoms with Crippen LogP contribution < -0.4 is 0 Å². The monoisotopic (exact) mass is 240 g/mol. The van der Waals surface area contributed by atoms with Crippen molar-refractivity contribution in [3.8, 4) is 0 Å². The van der Waals surface area contributed by atoms with Gasteiger partial charge in [-0.05, 0) is 37.3 Å². The Balaban J connectivity index is 2.12. The van der Waals surface area contributed by atoms with Crippen molar-refractivity contribution in [2.24, 2.45) is 0 Å².